The maximum absolute atomic E-state index is 12.9. The predicted molar refractivity (Wildman–Crippen MR) is 89.3 cm³/mol. The third-order valence-corrected chi connectivity index (χ3v) is 4.96. The zero-order chi connectivity index (χ0) is 17.6. The van der Waals surface area contributed by atoms with Crippen LogP contribution in [0.25, 0.3) is 0 Å². The summed E-state index contributed by atoms with van der Waals surface area (Å²) in [5.41, 5.74) is 1.08. The number of nitrogens with one attached hydrogen (secondary N) is 2. The minimum atomic E-state index is -3.88. The van der Waals surface area contributed by atoms with Gasteiger partial charge in [-0.05, 0) is 43.2 Å². The van der Waals surface area contributed by atoms with E-state index < -0.39 is 27.8 Å². The minimum absolute atomic E-state index is 0.0900. The van der Waals surface area contributed by atoms with Gasteiger partial charge in [-0.1, -0.05) is 30.3 Å². The Balaban J connectivity index is 1.87. The highest BCUT2D eigenvalue weighted by atomic mass is 32.2. The van der Waals surface area contributed by atoms with E-state index >= 15 is 0 Å². The SMILES string of the molecule is C[C@H](NS(=O)(=O)c1ccc(F)cc1)C(=O)NCCc1ccccc1. The van der Waals surface area contributed by atoms with Gasteiger partial charge in [-0.15, -0.1) is 0 Å². The number of carbonyl (C=O) groups is 1. The minimum Gasteiger partial charge on any atom is -0.354 e. The molecule has 2 N–H and O–H groups in total. The zero-order valence-electron chi connectivity index (χ0n) is 13.2. The fourth-order valence-corrected chi connectivity index (χ4v) is 3.30. The molecule has 0 aliphatic heterocycles. The summed E-state index contributed by atoms with van der Waals surface area (Å²) in [4.78, 5) is 11.9. The lowest BCUT2D eigenvalue weighted by atomic mass is 10.1. The fourth-order valence-electron chi connectivity index (χ4n) is 2.10. The summed E-state index contributed by atoms with van der Waals surface area (Å²) in [6.07, 6.45) is 0.657. The molecule has 0 saturated carbocycles. The molecule has 1 amide bonds. The normalized spacial score (nSPS) is 12.6. The van der Waals surface area contributed by atoms with E-state index in [4.69, 9.17) is 0 Å². The summed E-state index contributed by atoms with van der Waals surface area (Å²) < 4.78 is 39.4. The Labute approximate surface area is 141 Å². The zero-order valence-corrected chi connectivity index (χ0v) is 14.0. The van der Waals surface area contributed by atoms with Gasteiger partial charge in [0.1, 0.15) is 5.82 Å². The largest absolute Gasteiger partial charge is 0.354 e. The van der Waals surface area contributed by atoms with Crippen LogP contribution in [0.2, 0.25) is 0 Å². The molecule has 2 rings (SSSR count). The smallest absolute Gasteiger partial charge is 0.241 e. The second-order valence-corrected chi connectivity index (χ2v) is 7.04. The van der Waals surface area contributed by atoms with E-state index in [9.17, 15) is 17.6 Å². The van der Waals surface area contributed by atoms with Gasteiger partial charge in [-0.2, -0.15) is 4.72 Å². The van der Waals surface area contributed by atoms with Gasteiger partial charge in [-0.3, -0.25) is 4.79 Å². The molecule has 0 unspecified atom stereocenters. The number of sulfonamides is 1. The first-order valence-corrected chi connectivity index (χ1v) is 8.96. The van der Waals surface area contributed by atoms with Gasteiger partial charge in [0.25, 0.3) is 0 Å². The average molecular weight is 350 g/mol. The van der Waals surface area contributed by atoms with Crippen LogP contribution in [-0.4, -0.2) is 26.9 Å². The Bertz CT molecular complexity index is 777. The van der Waals surface area contributed by atoms with E-state index in [1.165, 1.54) is 6.92 Å². The lowest BCUT2D eigenvalue weighted by Gasteiger charge is -2.14. The molecule has 24 heavy (non-hydrogen) atoms. The molecule has 5 nitrogen and oxygen atoms in total. The van der Waals surface area contributed by atoms with Crippen LogP contribution >= 0.6 is 0 Å². The molecule has 2 aromatic carbocycles. The molecule has 7 heteroatoms. The average Bonchev–Trinajstić information content (AvgIpc) is 2.55. The van der Waals surface area contributed by atoms with Crippen molar-refractivity contribution in [2.75, 3.05) is 6.54 Å². The van der Waals surface area contributed by atoms with Crippen molar-refractivity contribution in [1.82, 2.24) is 10.0 Å². The number of carbonyl (C=O) groups excluding carboxylic acids is 1. The van der Waals surface area contributed by atoms with Crippen molar-refractivity contribution >= 4 is 15.9 Å². The van der Waals surface area contributed by atoms with Crippen molar-refractivity contribution < 1.29 is 17.6 Å². The van der Waals surface area contributed by atoms with Crippen LogP contribution in [0.1, 0.15) is 12.5 Å². The Morgan fingerprint density at radius 2 is 1.71 bits per heavy atom. The summed E-state index contributed by atoms with van der Waals surface area (Å²) in [5, 5.41) is 2.69. The Hall–Kier alpha value is -2.25. The van der Waals surface area contributed by atoms with E-state index in [0.717, 1.165) is 29.8 Å². The van der Waals surface area contributed by atoms with Crippen LogP contribution in [0.5, 0.6) is 0 Å². The van der Waals surface area contributed by atoms with Gasteiger partial charge in [0.15, 0.2) is 0 Å². The molecule has 0 heterocycles. The van der Waals surface area contributed by atoms with Crippen molar-refractivity contribution in [3.63, 3.8) is 0 Å². The molecule has 0 aromatic heterocycles. The molecule has 128 valence electrons. The number of hydrogen-bond acceptors (Lipinski definition) is 3. The number of rotatable bonds is 7. The van der Waals surface area contributed by atoms with Crippen LogP contribution in [0.4, 0.5) is 4.39 Å². The maximum Gasteiger partial charge on any atom is 0.241 e. The summed E-state index contributed by atoms with van der Waals surface area (Å²) >= 11 is 0. The van der Waals surface area contributed by atoms with Crippen LogP contribution in [0.3, 0.4) is 0 Å². The monoisotopic (exact) mass is 350 g/mol. The predicted octanol–water partition coefficient (Wildman–Crippen LogP) is 1.85. The molecular formula is C17H19FN2O3S. The molecular weight excluding hydrogens is 331 g/mol. The first kappa shape index (κ1) is 18.1. The Morgan fingerprint density at radius 3 is 2.33 bits per heavy atom. The maximum atomic E-state index is 12.9. The number of benzene rings is 2. The topological polar surface area (TPSA) is 75.3 Å². The molecule has 0 saturated heterocycles. The van der Waals surface area contributed by atoms with Crippen LogP contribution in [0.15, 0.2) is 59.5 Å². The van der Waals surface area contributed by atoms with E-state index in [1.807, 2.05) is 30.3 Å². The van der Waals surface area contributed by atoms with Gasteiger partial charge >= 0.3 is 0 Å². The highest BCUT2D eigenvalue weighted by molar-refractivity contribution is 7.89. The first-order chi connectivity index (χ1) is 11.4. The van der Waals surface area contributed by atoms with Gasteiger partial charge in [0, 0.05) is 6.54 Å². The van der Waals surface area contributed by atoms with Gasteiger partial charge in [-0.25, -0.2) is 12.8 Å². The summed E-state index contributed by atoms with van der Waals surface area (Å²) in [6.45, 7) is 1.87. The molecule has 0 bridgehead atoms. The van der Waals surface area contributed by atoms with E-state index in [-0.39, 0.29) is 4.90 Å². The summed E-state index contributed by atoms with van der Waals surface area (Å²) in [7, 11) is -3.88. The van der Waals surface area contributed by atoms with E-state index in [1.54, 1.807) is 0 Å². The standard InChI is InChI=1S/C17H19FN2O3S/c1-13(17(21)19-12-11-14-5-3-2-4-6-14)20-24(22,23)16-9-7-15(18)8-10-16/h2-10,13,20H,11-12H2,1H3,(H,19,21)/t13-/m0/s1. The number of halogens is 1. The van der Waals surface area contributed by atoms with Gasteiger partial charge in [0.05, 0.1) is 10.9 Å². The van der Waals surface area contributed by atoms with Crippen molar-refractivity contribution in [3.05, 3.63) is 66.0 Å². The molecule has 0 radical (unpaired) electrons. The summed E-state index contributed by atoms with van der Waals surface area (Å²) in [5.74, 6) is -0.947. The second-order valence-electron chi connectivity index (χ2n) is 5.32. The Morgan fingerprint density at radius 1 is 1.08 bits per heavy atom. The van der Waals surface area contributed by atoms with Crippen LogP contribution in [-0.2, 0) is 21.2 Å². The van der Waals surface area contributed by atoms with Gasteiger partial charge < -0.3 is 5.32 Å². The van der Waals surface area contributed by atoms with Crippen LogP contribution in [0, 0.1) is 5.82 Å². The third kappa shape index (κ3) is 5.14. The molecule has 2 aromatic rings. The third-order valence-electron chi connectivity index (χ3n) is 3.40. The Kier molecular flexibility index (Phi) is 6.05. The highest BCUT2D eigenvalue weighted by Gasteiger charge is 2.21. The first-order valence-electron chi connectivity index (χ1n) is 7.48. The number of hydrogen-bond donors (Lipinski definition) is 2. The molecule has 0 spiro atoms. The van der Waals surface area contributed by atoms with E-state index in [2.05, 4.69) is 10.0 Å². The second kappa shape index (κ2) is 8.03. The van der Waals surface area contributed by atoms with Crippen LogP contribution < -0.4 is 10.0 Å². The summed E-state index contributed by atoms with van der Waals surface area (Å²) in [6, 6.07) is 13.1. The van der Waals surface area contributed by atoms with Crippen molar-refractivity contribution in [2.24, 2.45) is 0 Å². The quantitative estimate of drug-likeness (QED) is 0.800. The van der Waals surface area contributed by atoms with Crippen molar-refractivity contribution in [2.45, 2.75) is 24.3 Å². The lowest BCUT2D eigenvalue weighted by Crippen LogP contribution is -2.45. The van der Waals surface area contributed by atoms with Crippen molar-refractivity contribution in [3.8, 4) is 0 Å². The fraction of sp³-hybridized carbons (Fsp3) is 0.235. The lowest BCUT2D eigenvalue weighted by molar-refractivity contribution is -0.122. The molecule has 1 atom stereocenters. The van der Waals surface area contributed by atoms with E-state index in [0.29, 0.717) is 13.0 Å². The molecule has 0 aliphatic rings. The number of amides is 1. The van der Waals surface area contributed by atoms with Gasteiger partial charge in [0.2, 0.25) is 15.9 Å². The molecule has 0 fully saturated rings. The molecule has 0 aliphatic carbocycles. The van der Waals surface area contributed by atoms with Crippen molar-refractivity contribution in [1.29, 1.82) is 0 Å². The highest BCUT2D eigenvalue weighted by Crippen LogP contribution is 2.10.